The topological polar surface area (TPSA) is 32.3 Å². The quantitative estimate of drug-likeness (QED) is 0.928. The maximum Gasteiger partial charge on any atom is 0.416 e. The molecule has 0 atom stereocenters. The first-order valence-electron chi connectivity index (χ1n) is 6.26. The molecule has 20 heavy (non-hydrogen) atoms. The third kappa shape index (κ3) is 3.56. The maximum absolute atomic E-state index is 12.5. The molecule has 110 valence electrons. The second-order valence-corrected chi connectivity index (χ2v) is 5.04. The second-order valence-electron chi connectivity index (χ2n) is 4.63. The highest BCUT2D eigenvalue weighted by Gasteiger charge is 2.30. The molecule has 1 aliphatic heterocycles. The van der Waals surface area contributed by atoms with Crippen molar-refractivity contribution in [1.29, 1.82) is 0 Å². The second kappa shape index (κ2) is 5.91. The summed E-state index contributed by atoms with van der Waals surface area (Å²) < 4.78 is 37.4. The number of amides is 1. The molecule has 3 nitrogen and oxygen atoms in total. The van der Waals surface area contributed by atoms with Crippen molar-refractivity contribution < 1.29 is 18.0 Å². The van der Waals surface area contributed by atoms with Crippen molar-refractivity contribution in [3.8, 4) is 0 Å². The lowest BCUT2D eigenvalue weighted by molar-refractivity contribution is -0.137. The summed E-state index contributed by atoms with van der Waals surface area (Å²) in [6, 6.07) is 3.03. The highest BCUT2D eigenvalue weighted by atomic mass is 35.5. The predicted molar refractivity (Wildman–Crippen MR) is 70.8 cm³/mol. The van der Waals surface area contributed by atoms with Crippen molar-refractivity contribution >= 4 is 23.2 Å². The average molecular weight is 307 g/mol. The summed E-state index contributed by atoms with van der Waals surface area (Å²) in [5.41, 5.74) is -0.480. The number of anilines is 1. The van der Waals surface area contributed by atoms with Crippen LogP contribution in [0.25, 0.3) is 0 Å². The molecule has 1 aliphatic rings. The van der Waals surface area contributed by atoms with Gasteiger partial charge in [-0.05, 0) is 31.0 Å². The van der Waals surface area contributed by atoms with Crippen LogP contribution in [0.4, 0.5) is 18.9 Å². The van der Waals surface area contributed by atoms with E-state index in [4.69, 9.17) is 11.6 Å². The molecule has 1 N–H and O–H groups in total. The van der Waals surface area contributed by atoms with Crippen LogP contribution in [0.5, 0.6) is 0 Å². The van der Waals surface area contributed by atoms with Crippen molar-refractivity contribution in [1.82, 2.24) is 4.90 Å². The molecule has 7 heteroatoms. The van der Waals surface area contributed by atoms with Gasteiger partial charge in [-0.2, -0.15) is 13.2 Å². The summed E-state index contributed by atoms with van der Waals surface area (Å²) in [4.78, 5) is 13.5. The molecular formula is C13H14ClF3N2O. The Morgan fingerprint density at radius 1 is 1.30 bits per heavy atom. The first-order valence-corrected chi connectivity index (χ1v) is 6.64. The maximum atomic E-state index is 12.5. The van der Waals surface area contributed by atoms with Crippen LogP contribution in [0.3, 0.4) is 0 Å². The van der Waals surface area contributed by atoms with E-state index in [-0.39, 0.29) is 17.5 Å². The Morgan fingerprint density at radius 3 is 2.50 bits per heavy atom. The minimum absolute atomic E-state index is 0.0328. The standard InChI is InChI=1S/C13H14ClF3N2O/c14-10-7-9(13(15,16)17)3-4-11(10)18-8-12(20)19-5-1-2-6-19/h3-4,7,18H,1-2,5-6,8H2. The van der Waals surface area contributed by atoms with Gasteiger partial charge in [0.2, 0.25) is 5.91 Å². The third-order valence-corrected chi connectivity index (χ3v) is 3.50. The van der Waals surface area contributed by atoms with Gasteiger partial charge in [-0.3, -0.25) is 4.79 Å². The minimum Gasteiger partial charge on any atom is -0.375 e. The average Bonchev–Trinajstić information content (AvgIpc) is 2.89. The van der Waals surface area contributed by atoms with Crippen molar-refractivity contribution in [2.45, 2.75) is 19.0 Å². The summed E-state index contributed by atoms with van der Waals surface area (Å²) in [7, 11) is 0. The van der Waals surface area contributed by atoms with Gasteiger partial charge >= 0.3 is 6.18 Å². The van der Waals surface area contributed by atoms with E-state index in [9.17, 15) is 18.0 Å². The number of carbonyl (C=O) groups is 1. The molecule has 0 aromatic heterocycles. The van der Waals surface area contributed by atoms with Crippen LogP contribution in [0.2, 0.25) is 5.02 Å². The van der Waals surface area contributed by atoms with Crippen LogP contribution >= 0.6 is 11.6 Å². The van der Waals surface area contributed by atoms with Gasteiger partial charge in [0, 0.05) is 13.1 Å². The van der Waals surface area contributed by atoms with Gasteiger partial charge in [0.1, 0.15) is 0 Å². The molecule has 0 spiro atoms. The molecule has 1 fully saturated rings. The molecule has 1 amide bonds. The minimum atomic E-state index is -4.42. The molecule has 1 heterocycles. The van der Waals surface area contributed by atoms with Gasteiger partial charge in [-0.1, -0.05) is 11.6 Å². The number of nitrogens with zero attached hydrogens (tertiary/aromatic N) is 1. The Hall–Kier alpha value is -1.43. The number of nitrogens with one attached hydrogen (secondary N) is 1. The summed E-state index contributed by atoms with van der Waals surface area (Å²) in [5.74, 6) is -0.0709. The lowest BCUT2D eigenvalue weighted by atomic mass is 10.2. The van der Waals surface area contributed by atoms with Crippen molar-refractivity contribution in [2.24, 2.45) is 0 Å². The molecule has 1 saturated heterocycles. The molecule has 0 bridgehead atoms. The number of hydrogen-bond acceptors (Lipinski definition) is 2. The molecule has 1 aromatic carbocycles. The van der Waals surface area contributed by atoms with Gasteiger partial charge in [-0.15, -0.1) is 0 Å². The number of alkyl halides is 3. The van der Waals surface area contributed by atoms with Crippen LogP contribution in [0.15, 0.2) is 18.2 Å². The van der Waals surface area contributed by atoms with Crippen molar-refractivity contribution in [3.05, 3.63) is 28.8 Å². The smallest absolute Gasteiger partial charge is 0.375 e. The highest BCUT2D eigenvalue weighted by Crippen LogP contribution is 2.33. The van der Waals surface area contributed by atoms with E-state index in [1.165, 1.54) is 6.07 Å². The molecule has 0 radical (unpaired) electrons. The SMILES string of the molecule is O=C(CNc1ccc(C(F)(F)F)cc1Cl)N1CCCC1. The van der Waals surface area contributed by atoms with Crippen molar-refractivity contribution in [2.75, 3.05) is 25.0 Å². The van der Waals surface area contributed by atoms with Crippen LogP contribution in [0.1, 0.15) is 18.4 Å². The largest absolute Gasteiger partial charge is 0.416 e. The summed E-state index contributed by atoms with van der Waals surface area (Å²) in [6.45, 7) is 1.51. The van der Waals surface area contributed by atoms with Crippen LogP contribution in [-0.2, 0) is 11.0 Å². The van der Waals surface area contributed by atoms with Crippen molar-refractivity contribution in [3.63, 3.8) is 0 Å². The number of hydrogen-bond donors (Lipinski definition) is 1. The van der Waals surface area contributed by atoms with Crippen LogP contribution in [0, 0.1) is 0 Å². The number of carbonyl (C=O) groups excluding carboxylic acids is 1. The van der Waals surface area contributed by atoms with Crippen LogP contribution < -0.4 is 5.32 Å². The zero-order chi connectivity index (χ0) is 14.8. The van der Waals surface area contributed by atoms with Gasteiger partial charge in [0.05, 0.1) is 22.8 Å². The Labute approximate surface area is 119 Å². The molecule has 0 aliphatic carbocycles. The fourth-order valence-electron chi connectivity index (χ4n) is 2.08. The van der Waals surface area contributed by atoms with E-state index in [1.54, 1.807) is 4.90 Å². The van der Waals surface area contributed by atoms with E-state index in [0.717, 1.165) is 38.1 Å². The molecule has 1 aromatic rings. The summed E-state index contributed by atoms with van der Waals surface area (Å²) >= 11 is 5.79. The fraction of sp³-hybridized carbons (Fsp3) is 0.462. The molecule has 2 rings (SSSR count). The Morgan fingerprint density at radius 2 is 1.95 bits per heavy atom. The normalized spacial score (nSPS) is 15.5. The number of likely N-dealkylation sites (tertiary alicyclic amines) is 1. The first-order chi connectivity index (χ1) is 9.38. The van der Waals surface area contributed by atoms with Crippen LogP contribution in [-0.4, -0.2) is 30.4 Å². The molecule has 0 unspecified atom stereocenters. The molecular weight excluding hydrogens is 293 g/mol. The number of benzene rings is 1. The Balaban J connectivity index is 1.98. The molecule has 0 saturated carbocycles. The zero-order valence-corrected chi connectivity index (χ0v) is 11.4. The Bertz CT molecular complexity index is 499. The third-order valence-electron chi connectivity index (χ3n) is 3.19. The van der Waals surface area contributed by atoms with Gasteiger partial charge < -0.3 is 10.2 Å². The predicted octanol–water partition coefficient (Wildman–Crippen LogP) is 3.39. The number of rotatable bonds is 3. The highest BCUT2D eigenvalue weighted by molar-refractivity contribution is 6.33. The monoisotopic (exact) mass is 306 g/mol. The van der Waals surface area contributed by atoms with Gasteiger partial charge in [-0.25, -0.2) is 0 Å². The first kappa shape index (κ1) is 15.0. The van der Waals surface area contributed by atoms with Gasteiger partial charge in [0.25, 0.3) is 0 Å². The Kier molecular flexibility index (Phi) is 4.42. The van der Waals surface area contributed by atoms with E-state index in [1.807, 2.05) is 0 Å². The van der Waals surface area contributed by atoms with E-state index in [0.29, 0.717) is 5.69 Å². The van der Waals surface area contributed by atoms with Gasteiger partial charge in [0.15, 0.2) is 0 Å². The summed E-state index contributed by atoms with van der Waals surface area (Å²) in [6.07, 6.45) is -2.44. The van der Waals surface area contributed by atoms with E-state index in [2.05, 4.69) is 5.32 Å². The lowest BCUT2D eigenvalue weighted by Gasteiger charge is -2.17. The zero-order valence-electron chi connectivity index (χ0n) is 10.6. The fourth-order valence-corrected chi connectivity index (χ4v) is 2.33. The van der Waals surface area contributed by atoms with E-state index >= 15 is 0 Å². The summed E-state index contributed by atoms with van der Waals surface area (Å²) in [5, 5.41) is 2.73. The number of halogens is 4. The van der Waals surface area contributed by atoms with E-state index < -0.39 is 11.7 Å². The lowest BCUT2D eigenvalue weighted by Crippen LogP contribution is -2.33.